The van der Waals surface area contributed by atoms with Crippen LogP contribution in [0.4, 0.5) is 5.82 Å². The van der Waals surface area contributed by atoms with Crippen LogP contribution < -0.4 is 5.32 Å². The summed E-state index contributed by atoms with van der Waals surface area (Å²) in [6.07, 6.45) is 0. The lowest BCUT2D eigenvalue weighted by molar-refractivity contribution is 0.102. The van der Waals surface area contributed by atoms with Gasteiger partial charge in [-0.3, -0.25) is 4.79 Å². The maximum Gasteiger partial charge on any atom is 0.256 e. The molecule has 0 saturated carbocycles. The van der Waals surface area contributed by atoms with Crippen molar-refractivity contribution in [1.29, 1.82) is 0 Å². The van der Waals surface area contributed by atoms with Crippen molar-refractivity contribution in [2.75, 3.05) is 5.32 Å². The quantitative estimate of drug-likeness (QED) is 0.919. The first-order chi connectivity index (χ1) is 8.56. The third-order valence-corrected chi connectivity index (χ3v) is 3.36. The number of aryl methyl sites for hydroxylation is 1. The molecule has 0 aliphatic heterocycles. The first-order valence-electron chi connectivity index (χ1n) is 5.13. The van der Waals surface area contributed by atoms with E-state index in [0.717, 1.165) is 10.0 Å². The van der Waals surface area contributed by atoms with Crippen molar-refractivity contribution in [2.24, 2.45) is 0 Å². The summed E-state index contributed by atoms with van der Waals surface area (Å²) >= 11 is 8.99. The van der Waals surface area contributed by atoms with Gasteiger partial charge >= 0.3 is 0 Å². The highest BCUT2D eigenvalue weighted by molar-refractivity contribution is 9.10. The van der Waals surface area contributed by atoms with E-state index in [4.69, 9.17) is 11.6 Å². The maximum absolute atomic E-state index is 11.9. The summed E-state index contributed by atoms with van der Waals surface area (Å²) in [5.74, 6) is 0.119. The highest BCUT2D eigenvalue weighted by atomic mass is 79.9. The number of nitrogens with zero attached hydrogens (tertiary/aromatic N) is 2. The second-order valence-electron chi connectivity index (χ2n) is 3.66. The molecule has 0 radical (unpaired) electrons. The summed E-state index contributed by atoms with van der Waals surface area (Å²) in [4.78, 5) is 11.9. The Bertz CT molecular complexity index is 586. The molecule has 18 heavy (non-hydrogen) atoms. The molecule has 0 atom stereocenters. The third-order valence-electron chi connectivity index (χ3n) is 2.31. The summed E-state index contributed by atoms with van der Waals surface area (Å²) in [6.45, 7) is 1.95. The van der Waals surface area contributed by atoms with Crippen LogP contribution in [0.3, 0.4) is 0 Å². The van der Waals surface area contributed by atoms with Gasteiger partial charge in [0, 0.05) is 10.0 Å². The summed E-state index contributed by atoms with van der Waals surface area (Å²) in [5, 5.41) is 10.3. The maximum atomic E-state index is 11.9. The molecule has 1 aromatic heterocycles. The number of hydrogen-bond acceptors (Lipinski definition) is 3. The first kappa shape index (κ1) is 13.0. The van der Waals surface area contributed by atoms with Gasteiger partial charge in [-0.15, -0.1) is 10.2 Å². The van der Waals surface area contributed by atoms with Gasteiger partial charge < -0.3 is 5.32 Å². The van der Waals surface area contributed by atoms with E-state index in [-0.39, 0.29) is 11.1 Å². The second kappa shape index (κ2) is 5.46. The summed E-state index contributed by atoms with van der Waals surface area (Å²) in [7, 11) is 0. The highest BCUT2D eigenvalue weighted by Crippen LogP contribution is 2.18. The van der Waals surface area contributed by atoms with Gasteiger partial charge in [-0.2, -0.15) is 0 Å². The normalized spacial score (nSPS) is 10.2. The number of benzene rings is 1. The average molecular weight is 327 g/mol. The van der Waals surface area contributed by atoms with Crippen LogP contribution in [0.5, 0.6) is 0 Å². The van der Waals surface area contributed by atoms with E-state index in [9.17, 15) is 4.79 Å². The number of carbonyl (C=O) groups excluding carboxylic acids is 1. The molecule has 1 N–H and O–H groups in total. The molecular formula is C12H9BrClN3O. The van der Waals surface area contributed by atoms with Crippen molar-refractivity contribution < 1.29 is 4.79 Å². The smallest absolute Gasteiger partial charge is 0.256 e. The molecule has 0 bridgehead atoms. The number of halogens is 2. The summed E-state index contributed by atoms with van der Waals surface area (Å²) in [6, 6.07) is 8.53. The fourth-order valence-corrected chi connectivity index (χ4v) is 1.78. The molecule has 2 rings (SSSR count). The SMILES string of the molecule is Cc1ccc(C(=O)Nc2ccc(Cl)nn2)cc1Br. The van der Waals surface area contributed by atoms with Crippen molar-refractivity contribution in [3.8, 4) is 0 Å². The minimum absolute atomic E-state index is 0.243. The molecule has 1 aromatic carbocycles. The van der Waals surface area contributed by atoms with Crippen LogP contribution in [0.25, 0.3) is 0 Å². The molecule has 0 spiro atoms. The fraction of sp³-hybridized carbons (Fsp3) is 0.0833. The minimum atomic E-state index is -0.243. The molecule has 0 unspecified atom stereocenters. The first-order valence-corrected chi connectivity index (χ1v) is 6.30. The molecule has 4 nitrogen and oxygen atoms in total. The predicted octanol–water partition coefficient (Wildman–Crippen LogP) is 3.45. The number of carbonyl (C=O) groups is 1. The summed E-state index contributed by atoms with van der Waals surface area (Å²) in [5.41, 5.74) is 1.61. The van der Waals surface area contributed by atoms with Gasteiger partial charge in [0.1, 0.15) is 0 Å². The van der Waals surface area contributed by atoms with Crippen molar-refractivity contribution in [2.45, 2.75) is 6.92 Å². The van der Waals surface area contributed by atoms with Gasteiger partial charge in [-0.1, -0.05) is 33.6 Å². The van der Waals surface area contributed by atoms with Gasteiger partial charge in [0.25, 0.3) is 5.91 Å². The van der Waals surface area contributed by atoms with Crippen molar-refractivity contribution in [3.05, 3.63) is 51.1 Å². The number of amides is 1. The zero-order chi connectivity index (χ0) is 13.1. The Labute approximate surface area is 118 Å². The standard InChI is InChI=1S/C12H9BrClN3O/c1-7-2-3-8(6-9(7)13)12(18)15-11-5-4-10(14)16-17-11/h2-6H,1H3,(H,15,17,18). The largest absolute Gasteiger partial charge is 0.305 e. The Balaban J connectivity index is 2.16. The number of aromatic nitrogens is 2. The topological polar surface area (TPSA) is 54.9 Å². The highest BCUT2D eigenvalue weighted by Gasteiger charge is 2.08. The summed E-state index contributed by atoms with van der Waals surface area (Å²) < 4.78 is 0.886. The molecule has 0 aliphatic rings. The third kappa shape index (κ3) is 3.05. The lowest BCUT2D eigenvalue weighted by Gasteiger charge is -2.05. The van der Waals surface area contributed by atoms with Gasteiger partial charge in [-0.05, 0) is 36.8 Å². The number of anilines is 1. The Morgan fingerprint density at radius 2 is 2.06 bits per heavy atom. The van der Waals surface area contributed by atoms with E-state index in [1.807, 2.05) is 13.0 Å². The Hall–Kier alpha value is -1.46. The lowest BCUT2D eigenvalue weighted by Crippen LogP contribution is -2.13. The van der Waals surface area contributed by atoms with Crippen LogP contribution in [0.1, 0.15) is 15.9 Å². The zero-order valence-corrected chi connectivity index (χ0v) is 11.8. The van der Waals surface area contributed by atoms with Gasteiger partial charge in [-0.25, -0.2) is 0 Å². The number of hydrogen-bond donors (Lipinski definition) is 1. The lowest BCUT2D eigenvalue weighted by atomic mass is 10.1. The van der Waals surface area contributed by atoms with Crippen LogP contribution in [-0.2, 0) is 0 Å². The molecular weight excluding hydrogens is 318 g/mol. The van der Waals surface area contributed by atoms with E-state index >= 15 is 0 Å². The Kier molecular flexibility index (Phi) is 3.93. The predicted molar refractivity (Wildman–Crippen MR) is 73.9 cm³/mol. The Morgan fingerprint density at radius 1 is 1.28 bits per heavy atom. The monoisotopic (exact) mass is 325 g/mol. The van der Waals surface area contributed by atoms with E-state index < -0.39 is 0 Å². The minimum Gasteiger partial charge on any atom is -0.305 e. The molecule has 6 heteroatoms. The molecule has 1 amide bonds. The number of rotatable bonds is 2. The van der Waals surface area contributed by atoms with Crippen LogP contribution in [0, 0.1) is 6.92 Å². The van der Waals surface area contributed by atoms with E-state index in [1.54, 1.807) is 24.3 Å². The van der Waals surface area contributed by atoms with Crippen molar-refractivity contribution >= 4 is 39.3 Å². The number of nitrogens with one attached hydrogen (secondary N) is 1. The molecule has 92 valence electrons. The van der Waals surface area contributed by atoms with E-state index in [0.29, 0.717) is 11.4 Å². The van der Waals surface area contributed by atoms with E-state index in [1.165, 1.54) is 0 Å². The van der Waals surface area contributed by atoms with Gasteiger partial charge in [0.15, 0.2) is 11.0 Å². The van der Waals surface area contributed by atoms with Crippen LogP contribution in [0.15, 0.2) is 34.8 Å². The van der Waals surface area contributed by atoms with Crippen LogP contribution in [-0.4, -0.2) is 16.1 Å². The zero-order valence-electron chi connectivity index (χ0n) is 9.45. The van der Waals surface area contributed by atoms with Crippen LogP contribution in [0.2, 0.25) is 5.15 Å². The molecule has 0 saturated heterocycles. The van der Waals surface area contributed by atoms with E-state index in [2.05, 4.69) is 31.4 Å². The average Bonchev–Trinajstić information content (AvgIpc) is 2.35. The van der Waals surface area contributed by atoms with Crippen LogP contribution >= 0.6 is 27.5 Å². The van der Waals surface area contributed by atoms with Gasteiger partial charge in [0.2, 0.25) is 0 Å². The molecule has 0 fully saturated rings. The van der Waals surface area contributed by atoms with Crippen molar-refractivity contribution in [3.63, 3.8) is 0 Å². The molecule has 0 aliphatic carbocycles. The molecule has 1 heterocycles. The fourth-order valence-electron chi connectivity index (χ4n) is 1.31. The molecule has 2 aromatic rings. The Morgan fingerprint density at radius 3 is 2.67 bits per heavy atom. The second-order valence-corrected chi connectivity index (χ2v) is 4.90. The van der Waals surface area contributed by atoms with Crippen molar-refractivity contribution in [1.82, 2.24) is 10.2 Å². The van der Waals surface area contributed by atoms with Gasteiger partial charge in [0.05, 0.1) is 0 Å².